The molecule has 1 aromatic carbocycles. The van der Waals surface area contributed by atoms with Crippen LogP contribution in [0.25, 0.3) is 10.9 Å². The molecule has 0 saturated carbocycles. The number of carbonyl (C=O) groups excluding carboxylic acids is 2. The van der Waals surface area contributed by atoms with Crippen molar-refractivity contribution in [2.45, 2.75) is 26.9 Å². The highest BCUT2D eigenvalue weighted by Crippen LogP contribution is 2.35. The number of ether oxygens (including phenoxy) is 2. The first-order chi connectivity index (χ1) is 11.9. The Morgan fingerprint density at radius 3 is 2.60 bits per heavy atom. The second-order valence-electron chi connectivity index (χ2n) is 5.30. The van der Waals surface area contributed by atoms with Crippen LogP contribution in [0.5, 0.6) is 5.75 Å². The molecule has 1 amide bonds. The number of nitrogens with one attached hydrogen (secondary N) is 1. The smallest absolute Gasteiger partial charge is 0.340 e. The van der Waals surface area contributed by atoms with Crippen molar-refractivity contribution in [2.24, 2.45) is 0 Å². The molecule has 0 aliphatic carbocycles. The van der Waals surface area contributed by atoms with E-state index in [1.807, 2.05) is 16.7 Å². The molecule has 2 aromatic rings. The van der Waals surface area contributed by atoms with Crippen LogP contribution in [0, 0.1) is 0 Å². The van der Waals surface area contributed by atoms with Crippen molar-refractivity contribution in [3.05, 3.63) is 27.9 Å². The van der Waals surface area contributed by atoms with E-state index in [1.165, 1.54) is 6.92 Å². The summed E-state index contributed by atoms with van der Waals surface area (Å²) in [4.78, 5) is 24.0. The fourth-order valence-electron chi connectivity index (χ4n) is 2.72. The third-order valence-corrected chi connectivity index (χ3v) is 4.71. The van der Waals surface area contributed by atoms with Crippen molar-refractivity contribution in [2.75, 3.05) is 19.0 Å². The first-order valence-electron chi connectivity index (χ1n) is 7.80. The Morgan fingerprint density at radius 1 is 1.32 bits per heavy atom. The average Bonchev–Trinajstić information content (AvgIpc) is 2.85. The number of esters is 1. The summed E-state index contributed by atoms with van der Waals surface area (Å²) in [6, 6.07) is 3.73. The Balaban J connectivity index is 2.77. The van der Waals surface area contributed by atoms with Crippen LogP contribution in [0.2, 0.25) is 0 Å². The van der Waals surface area contributed by atoms with E-state index in [-0.39, 0.29) is 19.1 Å². The highest BCUT2D eigenvalue weighted by molar-refractivity contribution is 9.10. The number of aromatic nitrogens is 1. The highest BCUT2D eigenvalue weighted by Gasteiger charge is 2.25. The molecule has 136 valence electrons. The van der Waals surface area contributed by atoms with Gasteiger partial charge < -0.3 is 19.4 Å². The van der Waals surface area contributed by atoms with Gasteiger partial charge in [-0.05, 0) is 35.0 Å². The van der Waals surface area contributed by atoms with Gasteiger partial charge >= 0.3 is 5.97 Å². The third kappa shape index (κ3) is 4.17. The summed E-state index contributed by atoms with van der Waals surface area (Å²) in [6.07, 6.45) is 0. The molecule has 0 saturated heterocycles. The Bertz CT molecular complexity index is 802. The zero-order valence-electron chi connectivity index (χ0n) is 14.3. The summed E-state index contributed by atoms with van der Waals surface area (Å²) in [7, 11) is 1.57. The van der Waals surface area contributed by atoms with Crippen LogP contribution in [-0.2, 0) is 22.6 Å². The van der Waals surface area contributed by atoms with Crippen LogP contribution >= 0.6 is 31.9 Å². The van der Waals surface area contributed by atoms with E-state index in [4.69, 9.17) is 9.47 Å². The summed E-state index contributed by atoms with van der Waals surface area (Å²) in [5, 5.41) is 4.22. The largest absolute Gasteiger partial charge is 0.496 e. The van der Waals surface area contributed by atoms with Crippen molar-refractivity contribution in [3.8, 4) is 5.75 Å². The topological polar surface area (TPSA) is 69.6 Å². The molecule has 0 aliphatic heterocycles. The average molecular weight is 476 g/mol. The van der Waals surface area contributed by atoms with Crippen molar-refractivity contribution in [1.29, 1.82) is 0 Å². The lowest BCUT2D eigenvalue weighted by molar-refractivity contribution is -0.119. The number of amides is 1. The molecule has 2 rings (SSSR count). The van der Waals surface area contributed by atoms with E-state index < -0.39 is 5.97 Å². The van der Waals surface area contributed by atoms with Gasteiger partial charge in [0.2, 0.25) is 5.91 Å². The fourth-order valence-corrected chi connectivity index (χ4v) is 3.57. The van der Waals surface area contributed by atoms with Crippen molar-refractivity contribution in [3.63, 3.8) is 0 Å². The van der Waals surface area contributed by atoms with Crippen molar-refractivity contribution < 1.29 is 19.1 Å². The molecule has 0 radical (unpaired) electrons. The van der Waals surface area contributed by atoms with Gasteiger partial charge in [0.25, 0.3) is 0 Å². The van der Waals surface area contributed by atoms with Crippen LogP contribution in [0.4, 0.5) is 0 Å². The Kier molecular flexibility index (Phi) is 6.89. The van der Waals surface area contributed by atoms with Gasteiger partial charge in [0.1, 0.15) is 5.75 Å². The van der Waals surface area contributed by atoms with E-state index in [1.54, 1.807) is 14.0 Å². The van der Waals surface area contributed by atoms with Crippen LogP contribution in [-0.4, -0.2) is 35.5 Å². The molecule has 0 spiro atoms. The lowest BCUT2D eigenvalue weighted by Gasteiger charge is -2.11. The summed E-state index contributed by atoms with van der Waals surface area (Å²) in [5.41, 5.74) is 2.04. The molecule has 1 aromatic heterocycles. The lowest BCUT2D eigenvalue weighted by atomic mass is 10.1. The third-order valence-electron chi connectivity index (χ3n) is 3.74. The first-order valence-corrected chi connectivity index (χ1v) is 9.72. The molecule has 1 heterocycles. The van der Waals surface area contributed by atoms with Gasteiger partial charge in [-0.3, -0.25) is 4.79 Å². The van der Waals surface area contributed by atoms with Crippen molar-refractivity contribution in [1.82, 2.24) is 9.88 Å². The number of methoxy groups -OCH3 is 1. The predicted octanol–water partition coefficient (Wildman–Crippen LogP) is 3.62. The second kappa shape index (κ2) is 8.71. The SMILES string of the molecule is CCOC(=O)c1c(CNC(C)=O)n(CCBr)c2cc(Br)c(OC)cc12. The maximum Gasteiger partial charge on any atom is 0.340 e. The molecule has 6 nitrogen and oxygen atoms in total. The van der Waals surface area contributed by atoms with E-state index in [0.29, 0.717) is 28.9 Å². The van der Waals surface area contributed by atoms with Gasteiger partial charge in [-0.2, -0.15) is 0 Å². The number of hydrogen-bond donors (Lipinski definition) is 1. The molecular weight excluding hydrogens is 456 g/mol. The Labute approximate surface area is 163 Å². The van der Waals surface area contributed by atoms with Crippen LogP contribution in [0.3, 0.4) is 0 Å². The molecule has 0 atom stereocenters. The summed E-state index contributed by atoms with van der Waals surface area (Å²) in [6.45, 7) is 4.37. The molecule has 0 aliphatic rings. The van der Waals surface area contributed by atoms with Gasteiger partial charge in [-0.15, -0.1) is 0 Å². The number of carbonyl (C=O) groups is 2. The first kappa shape index (κ1) is 19.8. The minimum Gasteiger partial charge on any atom is -0.496 e. The number of alkyl halides is 1. The van der Waals surface area contributed by atoms with E-state index in [2.05, 4.69) is 37.2 Å². The Hall–Kier alpha value is -1.54. The standard InChI is InChI=1S/C17H20Br2N2O4/c1-4-25-17(23)16-11-7-15(24-3)12(19)8-13(11)21(6-5-18)14(16)9-20-10(2)22/h7-8H,4-6,9H2,1-3H3,(H,20,22). The molecule has 1 N–H and O–H groups in total. The Morgan fingerprint density at radius 2 is 2.04 bits per heavy atom. The number of hydrogen-bond acceptors (Lipinski definition) is 4. The minimum absolute atomic E-state index is 0.163. The normalized spacial score (nSPS) is 10.8. The monoisotopic (exact) mass is 474 g/mol. The summed E-state index contributed by atoms with van der Waals surface area (Å²) in [5.74, 6) is 0.0508. The number of benzene rings is 1. The number of fused-ring (bicyclic) bond motifs is 1. The van der Waals surface area contributed by atoms with E-state index in [0.717, 1.165) is 15.4 Å². The molecule has 0 unspecified atom stereocenters. The number of nitrogens with zero attached hydrogens (tertiary/aromatic N) is 1. The summed E-state index contributed by atoms with van der Waals surface area (Å²) >= 11 is 6.94. The second-order valence-corrected chi connectivity index (χ2v) is 6.94. The van der Waals surface area contributed by atoms with Crippen molar-refractivity contribution >= 4 is 54.6 Å². The van der Waals surface area contributed by atoms with Crippen LogP contribution in [0.15, 0.2) is 16.6 Å². The quantitative estimate of drug-likeness (QED) is 0.490. The number of rotatable bonds is 7. The highest BCUT2D eigenvalue weighted by atomic mass is 79.9. The van der Waals surface area contributed by atoms with Gasteiger partial charge in [-0.1, -0.05) is 15.9 Å². The van der Waals surface area contributed by atoms with Crippen LogP contribution < -0.4 is 10.1 Å². The zero-order valence-corrected chi connectivity index (χ0v) is 17.5. The number of aryl methyl sites for hydroxylation is 1. The number of halogens is 2. The predicted molar refractivity (Wildman–Crippen MR) is 103 cm³/mol. The molecule has 8 heteroatoms. The zero-order chi connectivity index (χ0) is 18.6. The molecule has 25 heavy (non-hydrogen) atoms. The molecular formula is C17H20Br2N2O4. The van der Waals surface area contributed by atoms with E-state index >= 15 is 0 Å². The molecule has 0 bridgehead atoms. The minimum atomic E-state index is -0.412. The maximum absolute atomic E-state index is 12.6. The van der Waals surface area contributed by atoms with E-state index in [9.17, 15) is 9.59 Å². The molecule has 0 fully saturated rings. The summed E-state index contributed by atoms with van der Waals surface area (Å²) < 4.78 is 13.4. The van der Waals surface area contributed by atoms with Gasteiger partial charge in [-0.25, -0.2) is 4.79 Å². The van der Waals surface area contributed by atoms with Gasteiger partial charge in [0.15, 0.2) is 0 Å². The maximum atomic E-state index is 12.6. The van der Waals surface area contributed by atoms with Gasteiger partial charge in [0, 0.05) is 24.2 Å². The lowest BCUT2D eigenvalue weighted by Crippen LogP contribution is -2.23. The van der Waals surface area contributed by atoms with Crippen LogP contribution in [0.1, 0.15) is 29.9 Å². The fraction of sp³-hybridized carbons (Fsp3) is 0.412. The van der Waals surface area contributed by atoms with Gasteiger partial charge in [0.05, 0.1) is 41.5 Å².